The Labute approximate surface area is 118 Å². The third kappa shape index (κ3) is 3.12. The van der Waals surface area contributed by atoms with Crippen LogP contribution in [0.4, 0.5) is 17.2 Å². The summed E-state index contributed by atoms with van der Waals surface area (Å²) in [5, 5.41) is 19.7. The smallest absolute Gasteiger partial charge is 0.356 e. The molecule has 5 heteroatoms. The van der Waals surface area contributed by atoms with Crippen LogP contribution in [0.25, 0.3) is 0 Å². The Hall–Kier alpha value is -2.43. The van der Waals surface area contributed by atoms with Gasteiger partial charge in [-0.2, -0.15) is 0 Å². The van der Waals surface area contributed by atoms with Gasteiger partial charge in [0.25, 0.3) is 0 Å². The zero-order chi connectivity index (χ0) is 14.5. The number of benzene rings is 1. The van der Waals surface area contributed by atoms with Crippen molar-refractivity contribution in [1.82, 2.24) is 0 Å². The van der Waals surface area contributed by atoms with Crippen LogP contribution in [0.15, 0.2) is 52.8 Å². The molecule has 20 heavy (non-hydrogen) atoms. The Balaban J connectivity index is 2.20. The highest BCUT2D eigenvalue weighted by Crippen LogP contribution is 2.21. The van der Waals surface area contributed by atoms with E-state index in [0.29, 0.717) is 5.82 Å². The number of anilines is 1. The maximum absolute atomic E-state index is 11.6. The van der Waals surface area contributed by atoms with Gasteiger partial charge in [0.05, 0.1) is 11.3 Å². The van der Waals surface area contributed by atoms with E-state index in [0.717, 1.165) is 28.2 Å². The first kappa shape index (κ1) is 14.0. The lowest BCUT2D eigenvalue weighted by Gasteiger charge is -2.16. The molecule has 0 spiro atoms. The van der Waals surface area contributed by atoms with E-state index in [-0.39, 0.29) is 0 Å². The minimum absolute atomic E-state index is 0.322. The van der Waals surface area contributed by atoms with E-state index in [2.05, 4.69) is 22.1 Å². The normalized spacial score (nSPS) is 10.9. The van der Waals surface area contributed by atoms with Crippen molar-refractivity contribution in [2.75, 3.05) is 18.5 Å². The summed E-state index contributed by atoms with van der Waals surface area (Å²) in [6.45, 7) is 4.88. The fourth-order valence-electron chi connectivity index (χ4n) is 1.77. The van der Waals surface area contributed by atoms with Crippen molar-refractivity contribution in [1.29, 1.82) is 0 Å². The summed E-state index contributed by atoms with van der Waals surface area (Å²) in [5.74, 6) is 0.322. The maximum Gasteiger partial charge on any atom is 0.356 e. The molecule has 1 aromatic heterocycles. The lowest BCUT2D eigenvalue weighted by Crippen LogP contribution is -2.25. The van der Waals surface area contributed by atoms with Crippen LogP contribution in [0, 0.1) is 12.1 Å². The van der Waals surface area contributed by atoms with Gasteiger partial charge in [0, 0.05) is 24.8 Å². The summed E-state index contributed by atoms with van der Waals surface area (Å²) >= 11 is 0. The average Bonchev–Trinajstić information content (AvgIpc) is 2.46. The molecule has 1 aromatic carbocycles. The number of aryl methyl sites for hydroxylation is 1. The van der Waals surface area contributed by atoms with E-state index in [4.69, 9.17) is 0 Å². The largest absolute Gasteiger partial charge is 0.710 e. The van der Waals surface area contributed by atoms with Gasteiger partial charge in [-0.05, 0) is 55.4 Å². The van der Waals surface area contributed by atoms with Gasteiger partial charge in [-0.3, -0.25) is 0 Å². The standard InChI is InChI=1S/C15H18N4O/c1-4-18(3)14-9-7-13(8-10-14)16-17-15-12(2)6-5-11-19(15)20/h5-11H,4H2,1-3H3. The average molecular weight is 270 g/mol. The summed E-state index contributed by atoms with van der Waals surface area (Å²) in [7, 11) is 2.03. The molecule has 0 atom stereocenters. The van der Waals surface area contributed by atoms with Gasteiger partial charge in [-0.25, -0.2) is 4.73 Å². The molecule has 0 radical (unpaired) electrons. The van der Waals surface area contributed by atoms with Crippen molar-refractivity contribution in [3.05, 3.63) is 53.4 Å². The molecule has 0 amide bonds. The molecular weight excluding hydrogens is 252 g/mol. The van der Waals surface area contributed by atoms with Crippen LogP contribution >= 0.6 is 0 Å². The molecule has 0 aliphatic rings. The van der Waals surface area contributed by atoms with E-state index in [1.54, 1.807) is 6.07 Å². The predicted octanol–water partition coefficient (Wildman–Crippen LogP) is 3.50. The third-order valence-corrected chi connectivity index (χ3v) is 3.15. The van der Waals surface area contributed by atoms with Crippen LogP contribution in [-0.2, 0) is 0 Å². The number of rotatable bonds is 4. The minimum atomic E-state index is 0.322. The molecule has 0 aliphatic heterocycles. The monoisotopic (exact) mass is 270 g/mol. The number of hydrogen-bond acceptors (Lipinski definition) is 4. The fraction of sp³-hybridized carbons (Fsp3) is 0.267. The lowest BCUT2D eigenvalue weighted by molar-refractivity contribution is -0.592. The molecule has 0 unspecified atom stereocenters. The van der Waals surface area contributed by atoms with Gasteiger partial charge in [-0.15, -0.1) is 0 Å². The van der Waals surface area contributed by atoms with Crippen LogP contribution in [0.2, 0.25) is 0 Å². The number of aromatic nitrogens is 1. The number of pyridine rings is 1. The number of nitrogens with zero attached hydrogens (tertiary/aromatic N) is 4. The molecule has 0 fully saturated rings. The van der Waals surface area contributed by atoms with E-state index in [9.17, 15) is 5.21 Å². The molecule has 2 aromatic rings. The Morgan fingerprint density at radius 3 is 2.45 bits per heavy atom. The predicted molar refractivity (Wildman–Crippen MR) is 79.7 cm³/mol. The first-order valence-electron chi connectivity index (χ1n) is 6.53. The maximum atomic E-state index is 11.6. The van der Waals surface area contributed by atoms with Gasteiger partial charge in [0.2, 0.25) is 0 Å². The zero-order valence-corrected chi connectivity index (χ0v) is 11.9. The molecule has 0 bridgehead atoms. The van der Waals surface area contributed by atoms with Crippen LogP contribution in [0.5, 0.6) is 0 Å². The Kier molecular flexibility index (Phi) is 4.30. The molecule has 0 saturated heterocycles. The summed E-state index contributed by atoms with van der Waals surface area (Å²) in [5.41, 5.74) is 2.65. The van der Waals surface area contributed by atoms with E-state index >= 15 is 0 Å². The van der Waals surface area contributed by atoms with E-state index < -0.39 is 0 Å². The molecular formula is C15H18N4O. The third-order valence-electron chi connectivity index (χ3n) is 3.15. The molecule has 0 N–H and O–H groups in total. The summed E-state index contributed by atoms with van der Waals surface area (Å²) in [4.78, 5) is 2.13. The van der Waals surface area contributed by atoms with Gasteiger partial charge in [0.1, 0.15) is 5.69 Å². The zero-order valence-electron chi connectivity index (χ0n) is 11.9. The Morgan fingerprint density at radius 1 is 1.15 bits per heavy atom. The highest BCUT2D eigenvalue weighted by molar-refractivity contribution is 5.52. The second-order valence-corrected chi connectivity index (χ2v) is 4.57. The van der Waals surface area contributed by atoms with Crippen LogP contribution in [-0.4, -0.2) is 13.6 Å². The Morgan fingerprint density at radius 2 is 1.85 bits per heavy atom. The first-order valence-corrected chi connectivity index (χ1v) is 6.53. The van der Waals surface area contributed by atoms with Gasteiger partial charge < -0.3 is 10.1 Å². The molecule has 104 valence electrons. The minimum Gasteiger partial charge on any atom is -0.710 e. The van der Waals surface area contributed by atoms with Gasteiger partial charge in [-0.1, -0.05) is 0 Å². The second kappa shape index (κ2) is 6.14. The molecule has 1 heterocycles. The van der Waals surface area contributed by atoms with Crippen molar-refractivity contribution >= 4 is 17.2 Å². The van der Waals surface area contributed by atoms with E-state index in [1.165, 1.54) is 6.20 Å². The number of hydrogen-bond donors (Lipinski definition) is 0. The van der Waals surface area contributed by atoms with Gasteiger partial charge >= 0.3 is 5.82 Å². The molecule has 0 aliphatic carbocycles. The highest BCUT2D eigenvalue weighted by atomic mass is 16.5. The topological polar surface area (TPSA) is 54.9 Å². The SMILES string of the molecule is CCN(C)c1ccc(N=Nc2c(C)ccc[n+]2[O-])cc1. The fourth-order valence-corrected chi connectivity index (χ4v) is 1.77. The highest BCUT2D eigenvalue weighted by Gasteiger charge is 2.08. The van der Waals surface area contributed by atoms with Crippen molar-refractivity contribution in [2.45, 2.75) is 13.8 Å². The quantitative estimate of drug-likeness (QED) is 0.485. The number of azo groups is 1. The summed E-state index contributed by atoms with van der Waals surface area (Å²) in [6.07, 6.45) is 1.42. The van der Waals surface area contributed by atoms with Gasteiger partial charge in [0.15, 0.2) is 0 Å². The van der Waals surface area contributed by atoms with Crippen molar-refractivity contribution < 1.29 is 4.73 Å². The van der Waals surface area contributed by atoms with Crippen molar-refractivity contribution in [3.8, 4) is 0 Å². The van der Waals surface area contributed by atoms with Crippen LogP contribution < -0.4 is 9.63 Å². The molecule has 5 nitrogen and oxygen atoms in total. The summed E-state index contributed by atoms with van der Waals surface area (Å²) in [6, 6.07) is 11.3. The van der Waals surface area contributed by atoms with Crippen molar-refractivity contribution in [3.63, 3.8) is 0 Å². The second-order valence-electron chi connectivity index (χ2n) is 4.57. The molecule has 0 saturated carbocycles. The lowest BCUT2D eigenvalue weighted by atomic mass is 10.2. The molecule has 2 rings (SSSR count). The van der Waals surface area contributed by atoms with E-state index in [1.807, 2.05) is 44.3 Å². The van der Waals surface area contributed by atoms with Crippen LogP contribution in [0.3, 0.4) is 0 Å². The Bertz CT molecular complexity index is 588. The summed E-state index contributed by atoms with van der Waals surface area (Å²) < 4.78 is 0.720. The van der Waals surface area contributed by atoms with Crippen LogP contribution in [0.1, 0.15) is 12.5 Å². The first-order chi connectivity index (χ1) is 9.61. The van der Waals surface area contributed by atoms with Crippen molar-refractivity contribution in [2.24, 2.45) is 10.2 Å².